The molecule has 0 unspecified atom stereocenters. The fourth-order valence-corrected chi connectivity index (χ4v) is 0.846. The topological polar surface area (TPSA) is 22.1 Å². The van der Waals surface area contributed by atoms with Gasteiger partial charge in [-0.1, -0.05) is 0 Å². The van der Waals surface area contributed by atoms with Crippen LogP contribution in [0, 0.1) is 11.8 Å². The first-order chi connectivity index (χ1) is 5.75. The highest BCUT2D eigenvalue weighted by Gasteiger charge is 2.23. The summed E-state index contributed by atoms with van der Waals surface area (Å²) in [4.78, 5) is 3.19. The molecule has 0 amide bonds. The van der Waals surface area contributed by atoms with E-state index < -0.39 is 11.8 Å². The molecule has 2 nitrogen and oxygen atoms in total. The molecule has 1 aromatic heterocycles. The first kappa shape index (κ1) is 7.46. The van der Waals surface area contributed by atoms with E-state index in [1.54, 1.807) is 0 Å². The van der Waals surface area contributed by atoms with E-state index >= 15 is 0 Å². The molecule has 0 aromatic carbocycles. The third kappa shape index (κ3) is 1.52. The Bertz CT molecular complexity index is 299. The van der Waals surface area contributed by atoms with Crippen molar-refractivity contribution in [2.75, 3.05) is 0 Å². The predicted octanol–water partition coefficient (Wildman–Crippen LogP) is 1.90. The maximum absolute atomic E-state index is 12.5. The van der Waals surface area contributed by atoms with E-state index in [2.05, 4.69) is 4.98 Å². The molecule has 12 heavy (non-hydrogen) atoms. The average molecular weight is 171 g/mol. The van der Waals surface area contributed by atoms with Crippen molar-refractivity contribution in [2.24, 2.45) is 0 Å². The van der Waals surface area contributed by atoms with E-state index in [0.29, 0.717) is 5.75 Å². The van der Waals surface area contributed by atoms with Gasteiger partial charge in [0.2, 0.25) is 5.95 Å². The third-order valence-corrected chi connectivity index (χ3v) is 1.60. The van der Waals surface area contributed by atoms with Crippen LogP contribution in [0.15, 0.2) is 12.3 Å². The maximum Gasteiger partial charge on any atom is 0.249 e. The molecule has 0 bridgehead atoms. The highest BCUT2D eigenvalue weighted by atomic mass is 19.2. The van der Waals surface area contributed by atoms with Crippen LogP contribution < -0.4 is 4.74 Å². The summed E-state index contributed by atoms with van der Waals surface area (Å²) in [7, 11) is 0. The van der Waals surface area contributed by atoms with E-state index in [1.165, 1.54) is 6.20 Å². The number of halogens is 2. The minimum absolute atomic E-state index is 0.177. The standard InChI is InChI=1S/C8H7F2NO/c9-7-3-6(4-11-8(7)10)12-5-1-2-5/h3-5H,1-2H2. The lowest BCUT2D eigenvalue weighted by molar-refractivity contribution is 0.297. The number of nitrogens with zero attached hydrogens (tertiary/aromatic N) is 1. The number of rotatable bonds is 2. The van der Waals surface area contributed by atoms with Crippen LogP contribution in [0.25, 0.3) is 0 Å². The summed E-state index contributed by atoms with van der Waals surface area (Å²) < 4.78 is 30.0. The van der Waals surface area contributed by atoms with E-state index in [0.717, 1.165) is 18.9 Å². The predicted molar refractivity (Wildman–Crippen MR) is 37.8 cm³/mol. The molecule has 1 fully saturated rings. The van der Waals surface area contributed by atoms with Crippen LogP contribution in [0.3, 0.4) is 0 Å². The van der Waals surface area contributed by atoms with Crippen molar-refractivity contribution in [1.29, 1.82) is 0 Å². The van der Waals surface area contributed by atoms with Crippen LogP contribution in [0.2, 0.25) is 0 Å². The second-order valence-corrected chi connectivity index (χ2v) is 2.76. The molecular formula is C8H7F2NO. The van der Waals surface area contributed by atoms with Crippen molar-refractivity contribution in [3.8, 4) is 5.75 Å². The summed E-state index contributed by atoms with van der Waals surface area (Å²) >= 11 is 0. The molecule has 1 saturated carbocycles. The van der Waals surface area contributed by atoms with Crippen molar-refractivity contribution in [3.63, 3.8) is 0 Å². The lowest BCUT2D eigenvalue weighted by atomic mass is 10.4. The molecule has 0 N–H and O–H groups in total. The van der Waals surface area contributed by atoms with Gasteiger partial charge in [0.05, 0.1) is 12.3 Å². The van der Waals surface area contributed by atoms with Crippen LogP contribution in [-0.2, 0) is 0 Å². The Labute approximate surface area is 68.2 Å². The largest absolute Gasteiger partial charge is 0.489 e. The summed E-state index contributed by atoms with van der Waals surface area (Å²) in [5, 5.41) is 0. The molecule has 0 atom stereocenters. The Kier molecular flexibility index (Phi) is 1.67. The van der Waals surface area contributed by atoms with E-state index in [-0.39, 0.29) is 6.10 Å². The first-order valence-electron chi connectivity index (χ1n) is 3.73. The summed E-state index contributed by atoms with van der Waals surface area (Å²) in [6, 6.07) is 1.01. The van der Waals surface area contributed by atoms with Gasteiger partial charge in [-0.05, 0) is 12.8 Å². The highest BCUT2D eigenvalue weighted by molar-refractivity contribution is 5.18. The SMILES string of the molecule is Fc1cc(OC2CC2)cnc1F. The van der Waals surface area contributed by atoms with Crippen molar-refractivity contribution in [1.82, 2.24) is 4.98 Å². The van der Waals surface area contributed by atoms with Crippen LogP contribution in [-0.4, -0.2) is 11.1 Å². The molecule has 1 aliphatic rings. The summed E-state index contributed by atoms with van der Waals surface area (Å²) in [6.45, 7) is 0. The minimum Gasteiger partial charge on any atom is -0.489 e. The molecule has 1 heterocycles. The number of pyridine rings is 1. The smallest absolute Gasteiger partial charge is 0.249 e. The van der Waals surface area contributed by atoms with Gasteiger partial charge in [-0.25, -0.2) is 9.37 Å². The molecule has 0 radical (unpaired) electrons. The van der Waals surface area contributed by atoms with Crippen LogP contribution in [0.5, 0.6) is 5.75 Å². The van der Waals surface area contributed by atoms with Crippen LogP contribution in [0.4, 0.5) is 8.78 Å². The van der Waals surface area contributed by atoms with E-state index in [1.807, 2.05) is 0 Å². The van der Waals surface area contributed by atoms with Crippen molar-refractivity contribution in [3.05, 3.63) is 24.0 Å². The summed E-state index contributed by atoms with van der Waals surface area (Å²) in [5.74, 6) is -1.75. The van der Waals surface area contributed by atoms with Gasteiger partial charge < -0.3 is 4.74 Å². The van der Waals surface area contributed by atoms with Gasteiger partial charge in [0, 0.05) is 6.07 Å². The Morgan fingerprint density at radius 1 is 1.42 bits per heavy atom. The monoisotopic (exact) mass is 171 g/mol. The lowest BCUT2D eigenvalue weighted by Crippen LogP contribution is -1.98. The minimum atomic E-state index is -1.09. The fraction of sp³-hybridized carbons (Fsp3) is 0.375. The van der Waals surface area contributed by atoms with E-state index in [4.69, 9.17) is 4.74 Å². The molecule has 1 aliphatic carbocycles. The highest BCUT2D eigenvalue weighted by Crippen LogP contribution is 2.26. The Morgan fingerprint density at radius 2 is 2.17 bits per heavy atom. The van der Waals surface area contributed by atoms with Crippen molar-refractivity contribution >= 4 is 0 Å². The summed E-state index contributed by atoms with van der Waals surface area (Å²) in [6.07, 6.45) is 3.34. The number of hydrogen-bond donors (Lipinski definition) is 0. The zero-order valence-corrected chi connectivity index (χ0v) is 6.26. The molecule has 2 rings (SSSR count). The normalized spacial score (nSPS) is 16.2. The van der Waals surface area contributed by atoms with Crippen molar-refractivity contribution < 1.29 is 13.5 Å². The zero-order chi connectivity index (χ0) is 8.55. The second-order valence-electron chi connectivity index (χ2n) is 2.76. The Hall–Kier alpha value is -1.19. The Balaban J connectivity index is 2.15. The molecule has 1 aromatic rings. The third-order valence-electron chi connectivity index (χ3n) is 1.60. The Morgan fingerprint density at radius 3 is 2.75 bits per heavy atom. The zero-order valence-electron chi connectivity index (χ0n) is 6.26. The van der Waals surface area contributed by atoms with Gasteiger partial charge >= 0.3 is 0 Å². The first-order valence-corrected chi connectivity index (χ1v) is 3.73. The molecule has 0 aliphatic heterocycles. The molecule has 0 saturated heterocycles. The van der Waals surface area contributed by atoms with Crippen molar-refractivity contribution in [2.45, 2.75) is 18.9 Å². The molecule has 64 valence electrons. The average Bonchev–Trinajstić information content (AvgIpc) is 2.81. The molecular weight excluding hydrogens is 164 g/mol. The quantitative estimate of drug-likeness (QED) is 0.634. The lowest BCUT2D eigenvalue weighted by Gasteiger charge is -2.02. The van der Waals surface area contributed by atoms with Gasteiger partial charge in [0.1, 0.15) is 5.75 Å². The number of hydrogen-bond acceptors (Lipinski definition) is 2. The van der Waals surface area contributed by atoms with Gasteiger partial charge in [-0.15, -0.1) is 0 Å². The van der Waals surface area contributed by atoms with Gasteiger partial charge in [-0.3, -0.25) is 0 Å². The van der Waals surface area contributed by atoms with Gasteiger partial charge in [0.15, 0.2) is 5.82 Å². The second kappa shape index (κ2) is 2.69. The molecule has 0 spiro atoms. The maximum atomic E-state index is 12.5. The molecule has 4 heteroatoms. The fourth-order valence-electron chi connectivity index (χ4n) is 0.846. The summed E-state index contributed by atoms with van der Waals surface area (Å²) in [5.41, 5.74) is 0. The van der Waals surface area contributed by atoms with Crippen LogP contribution in [0.1, 0.15) is 12.8 Å². The van der Waals surface area contributed by atoms with Gasteiger partial charge in [-0.2, -0.15) is 4.39 Å². The number of ether oxygens (including phenoxy) is 1. The van der Waals surface area contributed by atoms with Gasteiger partial charge in [0.25, 0.3) is 0 Å². The van der Waals surface area contributed by atoms with Crippen LogP contribution >= 0.6 is 0 Å². The number of aromatic nitrogens is 1. The van der Waals surface area contributed by atoms with E-state index in [9.17, 15) is 8.78 Å².